The van der Waals surface area contributed by atoms with Gasteiger partial charge >= 0.3 is 8.60 Å². The number of benzene rings is 3. The zero-order valence-electron chi connectivity index (χ0n) is 38.2. The fourth-order valence-electron chi connectivity index (χ4n) is 6.58. The smallest absolute Gasteiger partial charge is 0.463 e. The largest absolute Gasteiger partial charge is 0.507 e. The van der Waals surface area contributed by atoms with Gasteiger partial charge in [0.1, 0.15) is 17.2 Å². The van der Waals surface area contributed by atoms with Crippen molar-refractivity contribution in [1.29, 1.82) is 0 Å². The van der Waals surface area contributed by atoms with Gasteiger partial charge in [-0.25, -0.2) is 0 Å². The molecule has 0 amide bonds. The van der Waals surface area contributed by atoms with Crippen molar-refractivity contribution in [3.8, 4) is 17.2 Å². The van der Waals surface area contributed by atoms with Gasteiger partial charge in [-0.3, -0.25) is 9.42 Å². The van der Waals surface area contributed by atoms with Gasteiger partial charge in [-0.05, 0) is 92.3 Å². The predicted molar refractivity (Wildman–Crippen MR) is 233 cm³/mol. The molecule has 3 rings (SSSR count). The molecule has 0 fully saturated rings. The van der Waals surface area contributed by atoms with Gasteiger partial charge < -0.3 is 14.2 Å². The highest BCUT2D eigenvalue weighted by molar-refractivity contribution is 7.42. The van der Waals surface area contributed by atoms with E-state index in [1.807, 2.05) is 0 Å². The van der Waals surface area contributed by atoms with Crippen molar-refractivity contribution in [3.05, 3.63) is 86.5 Å². The summed E-state index contributed by atoms with van der Waals surface area (Å²) in [5.41, 5.74) is 9.46. The minimum Gasteiger partial charge on any atom is -0.507 e. The molecule has 3 aromatic carbocycles. The van der Waals surface area contributed by atoms with E-state index in [4.69, 9.17) is 13.6 Å². The van der Waals surface area contributed by atoms with Gasteiger partial charge in [-0.2, -0.15) is 0 Å². The molecule has 54 heavy (non-hydrogen) atoms. The fourth-order valence-corrected chi connectivity index (χ4v) is 7.74. The lowest BCUT2D eigenvalue weighted by molar-refractivity contribution is 0.211. The van der Waals surface area contributed by atoms with E-state index >= 15 is 0 Å². The van der Waals surface area contributed by atoms with E-state index in [0.29, 0.717) is 18.9 Å². The van der Waals surface area contributed by atoms with Crippen LogP contribution in [0.4, 0.5) is 0 Å². The lowest BCUT2D eigenvalue weighted by Gasteiger charge is -2.32. The summed E-state index contributed by atoms with van der Waals surface area (Å²) < 4.78 is 20.7. The van der Waals surface area contributed by atoms with E-state index in [-0.39, 0.29) is 32.5 Å². The molecule has 0 bridgehead atoms. The molecule has 5 nitrogen and oxygen atoms in total. The average molecular weight is 762 g/mol. The Kier molecular flexibility index (Phi) is 13.7. The van der Waals surface area contributed by atoms with Crippen LogP contribution >= 0.6 is 8.60 Å². The second-order valence-electron chi connectivity index (χ2n) is 21.9. The molecular weight excluding hydrogens is 686 g/mol. The number of rotatable bonds is 10. The Morgan fingerprint density at radius 1 is 0.519 bits per heavy atom. The van der Waals surface area contributed by atoms with E-state index in [2.05, 4.69) is 187 Å². The monoisotopic (exact) mass is 762 g/mol. The number of hydrogen-bond donors (Lipinski definition) is 1. The van der Waals surface area contributed by atoms with Crippen LogP contribution in [-0.4, -0.2) is 30.2 Å². The van der Waals surface area contributed by atoms with Gasteiger partial charge in [0.15, 0.2) is 0 Å². The predicted octanol–water partition coefficient (Wildman–Crippen LogP) is 13.6. The first-order chi connectivity index (χ1) is 24.2. The van der Waals surface area contributed by atoms with Gasteiger partial charge in [-0.15, -0.1) is 0 Å². The SMILES string of the molecule is Cc1cc(C(C)(C)C)cc(C(C)(C)C)c1OP(OCCN(C)Cc1cc(C(C)(C)C)c(O)c(C(C)(C)C)c1)Oc1c(C)cc(C(C)(C)C)cc1C(C)(C)C. The highest BCUT2D eigenvalue weighted by Crippen LogP contribution is 2.50. The Bertz CT molecular complexity index is 1650. The van der Waals surface area contributed by atoms with E-state index in [1.165, 1.54) is 16.7 Å². The van der Waals surface area contributed by atoms with Gasteiger partial charge in [0.2, 0.25) is 0 Å². The molecule has 302 valence electrons. The number of phenolic OH excluding ortho intramolecular Hbond substituents is 1. The highest BCUT2D eigenvalue weighted by atomic mass is 31.2. The van der Waals surface area contributed by atoms with E-state index < -0.39 is 8.60 Å². The maximum atomic E-state index is 11.3. The summed E-state index contributed by atoms with van der Waals surface area (Å²) in [5, 5.41) is 11.3. The van der Waals surface area contributed by atoms with Crippen molar-refractivity contribution in [2.75, 3.05) is 20.2 Å². The fraction of sp³-hybridized carbons (Fsp3) is 0.625. The van der Waals surface area contributed by atoms with Crippen LogP contribution in [0.25, 0.3) is 0 Å². The van der Waals surface area contributed by atoms with E-state index in [0.717, 1.165) is 51.4 Å². The first-order valence-corrected chi connectivity index (χ1v) is 21.0. The lowest BCUT2D eigenvalue weighted by atomic mass is 9.78. The third-order valence-electron chi connectivity index (χ3n) is 10.1. The maximum Gasteiger partial charge on any atom is 0.463 e. The molecule has 0 aromatic heterocycles. The molecule has 0 radical (unpaired) electrons. The number of aromatic hydroxyl groups is 1. The molecule has 0 heterocycles. The van der Waals surface area contributed by atoms with Crippen molar-refractivity contribution in [2.45, 2.75) is 178 Å². The quantitative estimate of drug-likeness (QED) is 0.209. The normalized spacial score (nSPS) is 13.6. The van der Waals surface area contributed by atoms with E-state index in [9.17, 15) is 5.11 Å². The second-order valence-corrected chi connectivity index (χ2v) is 22.9. The number of hydrogen-bond acceptors (Lipinski definition) is 5. The van der Waals surface area contributed by atoms with Crippen molar-refractivity contribution in [1.82, 2.24) is 4.90 Å². The topological polar surface area (TPSA) is 51.2 Å². The number of likely N-dealkylation sites (N-methyl/N-ethyl adjacent to an activating group) is 1. The van der Waals surface area contributed by atoms with Gasteiger partial charge in [0.05, 0.1) is 6.61 Å². The van der Waals surface area contributed by atoms with Crippen molar-refractivity contribution >= 4 is 8.60 Å². The van der Waals surface area contributed by atoms with Gasteiger partial charge in [-0.1, -0.05) is 161 Å². The Morgan fingerprint density at radius 2 is 0.870 bits per heavy atom. The molecule has 0 saturated carbocycles. The Hall–Kier alpha value is -2.59. The average Bonchev–Trinajstić information content (AvgIpc) is 2.96. The first kappa shape index (κ1) is 45.8. The highest BCUT2D eigenvalue weighted by Gasteiger charge is 2.32. The van der Waals surface area contributed by atoms with Crippen molar-refractivity contribution < 1.29 is 18.7 Å². The zero-order valence-corrected chi connectivity index (χ0v) is 39.0. The van der Waals surface area contributed by atoms with Crippen molar-refractivity contribution in [3.63, 3.8) is 0 Å². The molecule has 0 spiro atoms. The van der Waals surface area contributed by atoms with Crippen molar-refractivity contribution in [2.24, 2.45) is 0 Å². The summed E-state index contributed by atoms with van der Waals surface area (Å²) in [6.07, 6.45) is 0. The van der Waals surface area contributed by atoms with Crippen LogP contribution in [0.5, 0.6) is 17.2 Å². The Labute approximate surface area is 332 Å². The number of aryl methyl sites for hydroxylation is 2. The van der Waals surface area contributed by atoms with Gasteiger partial charge in [0, 0.05) is 24.2 Å². The summed E-state index contributed by atoms with van der Waals surface area (Å²) in [6.45, 7) is 46.0. The van der Waals surface area contributed by atoms with Crippen LogP contribution < -0.4 is 9.05 Å². The maximum absolute atomic E-state index is 11.3. The third kappa shape index (κ3) is 11.7. The van der Waals surface area contributed by atoms with Crippen LogP contribution in [0.3, 0.4) is 0 Å². The standard InChI is InChI=1S/C48H76NO4P/c1-31-24-34(43(3,4)5)28-38(47(15,16)17)41(31)52-54(53-42-32(2)25-35(44(6,7)8)29-39(42)48(18,19)20)51-23-22-49(21)30-33-26-36(45(9,10)11)40(50)37(27-33)46(12,13)14/h24-29,50H,22-23,30H2,1-21H3. The summed E-state index contributed by atoms with van der Waals surface area (Å²) in [4.78, 5) is 2.27. The molecule has 0 aliphatic heterocycles. The summed E-state index contributed by atoms with van der Waals surface area (Å²) in [7, 11) is 0.276. The number of phenols is 1. The van der Waals surface area contributed by atoms with Crippen LogP contribution in [-0.2, 0) is 43.6 Å². The van der Waals surface area contributed by atoms with Gasteiger partial charge in [0.25, 0.3) is 0 Å². The molecule has 6 heteroatoms. The van der Waals surface area contributed by atoms with Crippen LogP contribution in [0, 0.1) is 13.8 Å². The molecule has 1 N–H and O–H groups in total. The second kappa shape index (κ2) is 16.1. The summed E-state index contributed by atoms with van der Waals surface area (Å²) in [6, 6.07) is 13.5. The van der Waals surface area contributed by atoms with Crippen LogP contribution in [0.2, 0.25) is 0 Å². The molecule has 0 saturated heterocycles. The summed E-state index contributed by atoms with van der Waals surface area (Å²) >= 11 is 0. The molecule has 0 aliphatic carbocycles. The molecule has 0 unspecified atom stereocenters. The van der Waals surface area contributed by atoms with E-state index in [1.54, 1.807) is 0 Å². The first-order valence-electron chi connectivity index (χ1n) is 19.9. The number of nitrogens with zero attached hydrogens (tertiary/aromatic N) is 1. The Balaban J connectivity index is 2.05. The minimum absolute atomic E-state index is 0.00206. The molecule has 0 aliphatic rings. The zero-order chi connectivity index (χ0) is 41.6. The summed E-state index contributed by atoms with van der Waals surface area (Å²) in [5.74, 6) is 2.08. The minimum atomic E-state index is -1.84. The Morgan fingerprint density at radius 3 is 1.19 bits per heavy atom. The lowest BCUT2D eigenvalue weighted by Crippen LogP contribution is -2.24. The van der Waals surface area contributed by atoms with Crippen LogP contribution in [0.1, 0.15) is 175 Å². The molecule has 3 aromatic rings. The molecule has 0 atom stereocenters. The molecular formula is C48H76NO4P. The van der Waals surface area contributed by atoms with Crippen LogP contribution in [0.15, 0.2) is 36.4 Å². The third-order valence-corrected chi connectivity index (χ3v) is 11.2.